The summed E-state index contributed by atoms with van der Waals surface area (Å²) in [6.45, 7) is 3.24. The Balaban J connectivity index is 3.44. The Bertz CT molecular complexity index is 117. The number of terminal acetylenes is 1. The van der Waals surface area contributed by atoms with Gasteiger partial charge in [0.05, 0.1) is 0 Å². The number of hydrogen-bond donors (Lipinski definition) is 1. The molecular weight excluding hydrogens is 154 g/mol. The molecule has 1 atom stereocenters. The highest BCUT2D eigenvalue weighted by molar-refractivity contribution is 7.98. The summed E-state index contributed by atoms with van der Waals surface area (Å²) in [5.41, 5.74) is 0. The quantitative estimate of drug-likeness (QED) is 0.611. The Morgan fingerprint density at radius 2 is 2.36 bits per heavy atom. The summed E-state index contributed by atoms with van der Waals surface area (Å²) >= 11 is 1.84. The second-order valence-electron chi connectivity index (χ2n) is 2.51. The van der Waals surface area contributed by atoms with Gasteiger partial charge < -0.3 is 5.32 Å². The maximum atomic E-state index is 5.23. The van der Waals surface area contributed by atoms with Crippen LogP contribution in [0.1, 0.15) is 19.8 Å². The maximum Gasteiger partial charge on any atom is 0.0267 e. The van der Waals surface area contributed by atoms with E-state index >= 15 is 0 Å². The molecule has 0 aliphatic carbocycles. The summed E-state index contributed by atoms with van der Waals surface area (Å²) in [7, 11) is 0. The Morgan fingerprint density at radius 3 is 2.82 bits per heavy atom. The molecule has 1 nitrogen and oxygen atoms in total. The highest BCUT2D eigenvalue weighted by Crippen LogP contribution is 2.00. The lowest BCUT2D eigenvalue weighted by Crippen LogP contribution is -2.31. The second-order valence-corrected chi connectivity index (χ2v) is 3.43. The Morgan fingerprint density at radius 1 is 1.64 bits per heavy atom. The Kier molecular flexibility index (Phi) is 7.88. The van der Waals surface area contributed by atoms with E-state index in [1.165, 1.54) is 6.42 Å². The highest BCUT2D eigenvalue weighted by atomic mass is 32.2. The van der Waals surface area contributed by atoms with Crippen molar-refractivity contribution in [3.05, 3.63) is 0 Å². The van der Waals surface area contributed by atoms with Gasteiger partial charge in [0, 0.05) is 18.2 Å². The smallest absolute Gasteiger partial charge is 0.0267 e. The normalized spacial score (nSPS) is 12.5. The van der Waals surface area contributed by atoms with Crippen LogP contribution < -0.4 is 5.32 Å². The topological polar surface area (TPSA) is 12.0 Å². The summed E-state index contributed by atoms with van der Waals surface area (Å²) in [5.74, 6) is 3.80. The molecule has 0 saturated heterocycles. The van der Waals surface area contributed by atoms with Gasteiger partial charge in [-0.2, -0.15) is 11.8 Å². The van der Waals surface area contributed by atoms with Gasteiger partial charge in [-0.3, -0.25) is 0 Å². The predicted octanol–water partition coefficient (Wildman–Crippen LogP) is 1.74. The third-order valence-corrected chi connectivity index (χ3v) is 2.15. The lowest BCUT2D eigenvalue weighted by atomic mass is 10.2. The number of hydrogen-bond acceptors (Lipinski definition) is 2. The molecule has 2 heteroatoms. The number of nitrogens with one attached hydrogen (secondary N) is 1. The Labute approximate surface area is 74.3 Å². The molecule has 1 N–H and O–H groups in total. The van der Waals surface area contributed by atoms with E-state index in [-0.39, 0.29) is 0 Å². The molecule has 0 spiro atoms. The molecule has 11 heavy (non-hydrogen) atoms. The van der Waals surface area contributed by atoms with Crippen molar-refractivity contribution in [2.75, 3.05) is 18.6 Å². The molecule has 0 rings (SSSR count). The van der Waals surface area contributed by atoms with Crippen molar-refractivity contribution in [3.8, 4) is 12.3 Å². The van der Waals surface area contributed by atoms with Crippen LogP contribution in [-0.2, 0) is 0 Å². The van der Waals surface area contributed by atoms with Gasteiger partial charge in [0.25, 0.3) is 0 Å². The highest BCUT2D eigenvalue weighted by Gasteiger charge is 2.03. The molecule has 0 heterocycles. The van der Waals surface area contributed by atoms with Gasteiger partial charge >= 0.3 is 0 Å². The van der Waals surface area contributed by atoms with Gasteiger partial charge in [-0.25, -0.2) is 0 Å². The minimum absolute atomic E-state index is 0.509. The van der Waals surface area contributed by atoms with Gasteiger partial charge in [0.15, 0.2) is 0 Å². The van der Waals surface area contributed by atoms with Crippen molar-refractivity contribution in [1.29, 1.82) is 0 Å². The zero-order chi connectivity index (χ0) is 8.53. The van der Waals surface area contributed by atoms with Crippen LogP contribution in [0.25, 0.3) is 0 Å². The predicted molar refractivity (Wildman–Crippen MR) is 53.9 cm³/mol. The largest absolute Gasteiger partial charge is 0.312 e. The van der Waals surface area contributed by atoms with Crippen molar-refractivity contribution in [2.45, 2.75) is 25.8 Å². The minimum atomic E-state index is 0.509. The first kappa shape index (κ1) is 10.9. The second kappa shape index (κ2) is 7.97. The van der Waals surface area contributed by atoms with E-state index in [0.717, 1.165) is 18.7 Å². The van der Waals surface area contributed by atoms with E-state index in [4.69, 9.17) is 6.42 Å². The summed E-state index contributed by atoms with van der Waals surface area (Å²) in [6, 6.07) is 0.509. The first-order valence-corrected chi connectivity index (χ1v) is 5.40. The fourth-order valence-corrected chi connectivity index (χ4v) is 1.52. The van der Waals surface area contributed by atoms with Gasteiger partial charge in [-0.15, -0.1) is 12.3 Å². The average Bonchev–Trinajstić information content (AvgIpc) is 2.01. The van der Waals surface area contributed by atoms with E-state index < -0.39 is 0 Å². The number of thioether (sulfide) groups is 1. The maximum absolute atomic E-state index is 5.23. The van der Waals surface area contributed by atoms with Crippen molar-refractivity contribution >= 4 is 11.8 Å². The minimum Gasteiger partial charge on any atom is -0.312 e. The molecule has 0 amide bonds. The molecule has 0 aliphatic heterocycles. The van der Waals surface area contributed by atoms with Crippen molar-refractivity contribution in [2.24, 2.45) is 0 Å². The monoisotopic (exact) mass is 171 g/mol. The summed E-state index contributed by atoms with van der Waals surface area (Å²) in [5, 5.41) is 3.41. The van der Waals surface area contributed by atoms with Crippen molar-refractivity contribution in [3.63, 3.8) is 0 Å². The molecule has 0 bridgehead atoms. The Hall–Kier alpha value is -0.130. The third-order valence-electron chi connectivity index (χ3n) is 1.42. The van der Waals surface area contributed by atoms with E-state index in [2.05, 4.69) is 24.4 Å². The molecular formula is C9H17NS. The standard InChI is InChI=1S/C9H17NS/c1-4-6-9(8-11-3)10-7-5-2/h1,9-10H,5-8H2,2-3H3. The molecule has 0 saturated carbocycles. The van der Waals surface area contributed by atoms with Crippen LogP contribution in [0.4, 0.5) is 0 Å². The molecule has 0 radical (unpaired) electrons. The molecule has 0 aliphatic rings. The van der Waals surface area contributed by atoms with Crippen LogP contribution in [0.15, 0.2) is 0 Å². The molecule has 0 fully saturated rings. The lowest BCUT2D eigenvalue weighted by molar-refractivity contribution is 0.563. The van der Waals surface area contributed by atoms with Crippen LogP contribution in [0.3, 0.4) is 0 Å². The average molecular weight is 171 g/mol. The van der Waals surface area contributed by atoms with Gasteiger partial charge in [0.2, 0.25) is 0 Å². The molecule has 64 valence electrons. The third kappa shape index (κ3) is 6.28. The molecule has 1 unspecified atom stereocenters. The van der Waals surface area contributed by atoms with Crippen LogP contribution in [0.5, 0.6) is 0 Å². The zero-order valence-electron chi connectivity index (χ0n) is 7.39. The van der Waals surface area contributed by atoms with Gasteiger partial charge in [-0.1, -0.05) is 6.92 Å². The van der Waals surface area contributed by atoms with Crippen molar-refractivity contribution in [1.82, 2.24) is 5.32 Å². The van der Waals surface area contributed by atoms with Gasteiger partial charge in [0.1, 0.15) is 0 Å². The van der Waals surface area contributed by atoms with Gasteiger partial charge in [-0.05, 0) is 19.2 Å². The molecule has 0 aromatic carbocycles. The zero-order valence-corrected chi connectivity index (χ0v) is 8.21. The van der Waals surface area contributed by atoms with E-state index in [1.807, 2.05) is 11.8 Å². The first-order valence-electron chi connectivity index (χ1n) is 4.00. The molecule has 0 aromatic heterocycles. The molecule has 0 aromatic rings. The van der Waals surface area contributed by atoms with E-state index in [9.17, 15) is 0 Å². The first-order chi connectivity index (χ1) is 5.35. The SMILES string of the molecule is C#CCC(CSC)NCCC. The van der Waals surface area contributed by atoms with Crippen molar-refractivity contribution < 1.29 is 0 Å². The van der Waals surface area contributed by atoms with Crippen LogP contribution in [0.2, 0.25) is 0 Å². The lowest BCUT2D eigenvalue weighted by Gasteiger charge is -2.13. The van der Waals surface area contributed by atoms with Crippen LogP contribution >= 0.6 is 11.8 Å². The fourth-order valence-electron chi connectivity index (χ4n) is 0.882. The van der Waals surface area contributed by atoms with Crippen LogP contribution in [0, 0.1) is 12.3 Å². The summed E-state index contributed by atoms with van der Waals surface area (Å²) < 4.78 is 0. The number of rotatable bonds is 6. The summed E-state index contributed by atoms with van der Waals surface area (Å²) in [6.07, 6.45) is 9.36. The van der Waals surface area contributed by atoms with E-state index in [1.54, 1.807) is 0 Å². The van der Waals surface area contributed by atoms with E-state index in [0.29, 0.717) is 6.04 Å². The van der Waals surface area contributed by atoms with Crippen LogP contribution in [-0.4, -0.2) is 24.6 Å². The summed E-state index contributed by atoms with van der Waals surface area (Å²) in [4.78, 5) is 0. The fraction of sp³-hybridized carbons (Fsp3) is 0.778.